The predicted octanol–water partition coefficient (Wildman–Crippen LogP) is 0.403. The summed E-state index contributed by atoms with van der Waals surface area (Å²) in [5, 5.41) is 0. The van der Waals surface area contributed by atoms with E-state index in [4.69, 9.17) is 0 Å². The first-order valence-corrected chi connectivity index (χ1v) is 11.7. The van der Waals surface area contributed by atoms with E-state index < -0.39 is 20.2 Å². The molecule has 1 amide bonds. The molecule has 0 spiro atoms. The second-order valence-electron chi connectivity index (χ2n) is 6.48. The Labute approximate surface area is 161 Å². The van der Waals surface area contributed by atoms with Crippen molar-refractivity contribution in [3.8, 4) is 0 Å². The number of sulfonamides is 1. The number of nitrogens with one attached hydrogen (secondary N) is 1. The molecule has 1 saturated heterocycles. The zero-order valence-electron chi connectivity index (χ0n) is 15.8. The molecule has 1 N–H and O–H groups in total. The van der Waals surface area contributed by atoms with Crippen LogP contribution in [0.5, 0.6) is 0 Å². The highest BCUT2D eigenvalue weighted by Crippen LogP contribution is 2.17. The zero-order valence-corrected chi connectivity index (χ0v) is 17.4. The third-order valence-electron chi connectivity index (χ3n) is 4.17. The molecule has 11 heteroatoms. The van der Waals surface area contributed by atoms with E-state index in [0.29, 0.717) is 17.7 Å². The minimum Gasteiger partial charge on any atom is -0.336 e. The van der Waals surface area contributed by atoms with Crippen molar-refractivity contribution < 1.29 is 21.6 Å². The highest BCUT2D eigenvalue weighted by Gasteiger charge is 2.30. The van der Waals surface area contributed by atoms with Crippen molar-refractivity contribution in [1.29, 1.82) is 0 Å². The van der Waals surface area contributed by atoms with Crippen LogP contribution in [0.3, 0.4) is 0 Å². The Morgan fingerprint density at radius 2 is 1.74 bits per heavy atom. The lowest BCUT2D eigenvalue weighted by atomic mass is 10.1. The fraction of sp³-hybridized carbons (Fsp3) is 0.562. The number of benzene rings is 1. The molecule has 0 bridgehead atoms. The Balaban J connectivity index is 2.06. The van der Waals surface area contributed by atoms with Gasteiger partial charge in [-0.3, -0.25) is 9.52 Å². The molecule has 1 fully saturated rings. The number of rotatable bonds is 7. The first kappa shape index (κ1) is 21.6. The van der Waals surface area contributed by atoms with Crippen LogP contribution >= 0.6 is 0 Å². The molecule has 0 saturated carbocycles. The van der Waals surface area contributed by atoms with Crippen LogP contribution in [-0.2, 0) is 20.2 Å². The summed E-state index contributed by atoms with van der Waals surface area (Å²) >= 11 is 0. The second-order valence-corrected chi connectivity index (χ2v) is 10.5. The van der Waals surface area contributed by atoms with Gasteiger partial charge in [-0.25, -0.2) is 8.42 Å². The van der Waals surface area contributed by atoms with Crippen molar-refractivity contribution in [2.24, 2.45) is 0 Å². The number of anilines is 1. The van der Waals surface area contributed by atoms with Gasteiger partial charge in [0.25, 0.3) is 16.1 Å². The molecular weight excluding hydrogens is 392 g/mol. The molecule has 2 rings (SSSR count). The van der Waals surface area contributed by atoms with E-state index in [0.717, 1.165) is 4.31 Å². The van der Waals surface area contributed by atoms with E-state index in [1.807, 2.05) is 0 Å². The van der Waals surface area contributed by atoms with Crippen molar-refractivity contribution in [1.82, 2.24) is 13.5 Å². The number of carbonyl (C=O) groups is 1. The van der Waals surface area contributed by atoms with Crippen LogP contribution < -0.4 is 4.72 Å². The molecule has 0 atom stereocenters. The summed E-state index contributed by atoms with van der Waals surface area (Å²) in [4.78, 5) is 14.3. The van der Waals surface area contributed by atoms with Crippen molar-refractivity contribution in [3.63, 3.8) is 0 Å². The molecule has 152 valence electrons. The van der Waals surface area contributed by atoms with Crippen LogP contribution in [0.15, 0.2) is 24.3 Å². The normalized spacial score (nSPS) is 16.5. The van der Waals surface area contributed by atoms with Crippen LogP contribution in [-0.4, -0.2) is 82.3 Å². The van der Waals surface area contributed by atoms with Gasteiger partial charge in [-0.05, 0) is 24.6 Å². The molecule has 0 radical (unpaired) electrons. The molecule has 1 aliphatic rings. The van der Waals surface area contributed by atoms with Crippen molar-refractivity contribution in [3.05, 3.63) is 29.8 Å². The fourth-order valence-corrected chi connectivity index (χ4v) is 4.96. The van der Waals surface area contributed by atoms with Crippen LogP contribution in [0.2, 0.25) is 0 Å². The number of hydrogen-bond acceptors (Lipinski definition) is 5. The molecule has 0 aromatic heterocycles. The number of carbonyl (C=O) groups excluding carboxylic acids is 1. The van der Waals surface area contributed by atoms with Gasteiger partial charge in [0.05, 0.1) is 5.75 Å². The lowest BCUT2D eigenvalue weighted by molar-refractivity contribution is 0.0695. The lowest BCUT2D eigenvalue weighted by Crippen LogP contribution is -2.53. The fourth-order valence-electron chi connectivity index (χ4n) is 2.75. The van der Waals surface area contributed by atoms with Gasteiger partial charge in [0.1, 0.15) is 0 Å². The Morgan fingerprint density at radius 1 is 1.11 bits per heavy atom. The smallest absolute Gasteiger partial charge is 0.281 e. The van der Waals surface area contributed by atoms with Gasteiger partial charge in [0.2, 0.25) is 10.0 Å². The van der Waals surface area contributed by atoms with Gasteiger partial charge in [0, 0.05) is 51.5 Å². The lowest BCUT2D eigenvalue weighted by Gasteiger charge is -2.35. The zero-order chi connectivity index (χ0) is 20.2. The summed E-state index contributed by atoms with van der Waals surface area (Å²) < 4.78 is 53.0. The van der Waals surface area contributed by atoms with Gasteiger partial charge < -0.3 is 4.90 Å². The minimum atomic E-state index is -3.49. The van der Waals surface area contributed by atoms with Crippen LogP contribution in [0, 0.1) is 0 Å². The molecule has 27 heavy (non-hydrogen) atoms. The maximum Gasteiger partial charge on any atom is 0.281 e. The van der Waals surface area contributed by atoms with Gasteiger partial charge in [0.15, 0.2) is 0 Å². The maximum absolute atomic E-state index is 12.7. The second kappa shape index (κ2) is 8.55. The molecule has 1 aromatic rings. The summed E-state index contributed by atoms with van der Waals surface area (Å²) in [6.07, 6.45) is 0.494. The average molecular weight is 419 g/mol. The summed E-state index contributed by atoms with van der Waals surface area (Å²) in [5.41, 5.74) is 0.693. The number of amides is 1. The third kappa shape index (κ3) is 5.41. The van der Waals surface area contributed by atoms with Gasteiger partial charge >= 0.3 is 0 Å². The van der Waals surface area contributed by atoms with Crippen LogP contribution in [0.1, 0.15) is 23.7 Å². The van der Waals surface area contributed by atoms with E-state index in [2.05, 4.69) is 4.72 Å². The molecule has 1 aromatic carbocycles. The van der Waals surface area contributed by atoms with Crippen LogP contribution in [0.4, 0.5) is 5.69 Å². The Morgan fingerprint density at radius 3 is 2.30 bits per heavy atom. The maximum atomic E-state index is 12.7. The predicted molar refractivity (Wildman–Crippen MR) is 104 cm³/mol. The number of nitrogens with zero attached hydrogens (tertiary/aromatic N) is 3. The van der Waals surface area contributed by atoms with Crippen molar-refractivity contribution in [2.75, 3.05) is 50.7 Å². The molecule has 0 aliphatic carbocycles. The highest BCUT2D eigenvalue weighted by atomic mass is 32.2. The summed E-state index contributed by atoms with van der Waals surface area (Å²) in [7, 11) is -3.99. The Bertz CT molecular complexity index is 876. The SMILES string of the molecule is CCCS(=O)(=O)Nc1cccc(C(=O)N2CCN(S(=O)(=O)N(C)C)CC2)c1. The Hall–Kier alpha value is -1.69. The Kier molecular flexibility index (Phi) is 6.84. The van der Waals surface area contributed by atoms with E-state index in [1.54, 1.807) is 30.0 Å². The van der Waals surface area contributed by atoms with Gasteiger partial charge in [-0.15, -0.1) is 0 Å². The minimum absolute atomic E-state index is 0.00742. The van der Waals surface area contributed by atoms with E-state index in [9.17, 15) is 21.6 Å². The van der Waals surface area contributed by atoms with E-state index in [-0.39, 0.29) is 37.8 Å². The third-order valence-corrected chi connectivity index (χ3v) is 7.60. The van der Waals surface area contributed by atoms with E-state index >= 15 is 0 Å². The molecule has 1 aliphatic heterocycles. The number of hydrogen-bond donors (Lipinski definition) is 1. The summed E-state index contributed by atoms with van der Waals surface area (Å²) in [5.74, 6) is -0.249. The highest BCUT2D eigenvalue weighted by molar-refractivity contribution is 7.92. The monoisotopic (exact) mass is 418 g/mol. The summed E-state index contributed by atoms with van der Waals surface area (Å²) in [6.45, 7) is 2.76. The first-order valence-electron chi connectivity index (χ1n) is 8.64. The molecule has 0 unspecified atom stereocenters. The average Bonchev–Trinajstić information content (AvgIpc) is 2.60. The summed E-state index contributed by atoms with van der Waals surface area (Å²) in [6, 6.07) is 6.32. The number of piperazine rings is 1. The standard InChI is InChI=1S/C16H26N4O5S2/c1-4-12-26(22,23)17-15-7-5-6-14(13-15)16(21)19-8-10-20(11-9-19)27(24,25)18(2)3/h5-7,13,17H,4,8-12H2,1-3H3. The largest absolute Gasteiger partial charge is 0.336 e. The van der Waals surface area contributed by atoms with Gasteiger partial charge in [-0.2, -0.15) is 17.0 Å². The van der Waals surface area contributed by atoms with Gasteiger partial charge in [-0.1, -0.05) is 13.0 Å². The topological polar surface area (TPSA) is 107 Å². The van der Waals surface area contributed by atoms with Crippen molar-refractivity contribution in [2.45, 2.75) is 13.3 Å². The molecule has 1 heterocycles. The quantitative estimate of drug-likeness (QED) is 0.690. The van der Waals surface area contributed by atoms with Crippen molar-refractivity contribution >= 4 is 31.8 Å². The molecular formula is C16H26N4O5S2. The first-order chi connectivity index (χ1) is 12.6. The molecule has 9 nitrogen and oxygen atoms in total. The van der Waals surface area contributed by atoms with Crippen LogP contribution in [0.25, 0.3) is 0 Å². The van der Waals surface area contributed by atoms with E-state index in [1.165, 1.54) is 24.5 Å².